The third-order valence-electron chi connectivity index (χ3n) is 4.29. The van der Waals surface area contributed by atoms with E-state index in [2.05, 4.69) is 25.7 Å². The Labute approximate surface area is 121 Å². The molecule has 3 aliphatic heterocycles. The molecule has 0 aliphatic carbocycles. The summed E-state index contributed by atoms with van der Waals surface area (Å²) >= 11 is 3.28. The van der Waals surface area contributed by atoms with Crippen molar-refractivity contribution in [1.82, 2.24) is 9.80 Å². The number of fused-ring (bicyclic) bond motifs is 3. The molecule has 1 aromatic carbocycles. The number of halogens is 2. The summed E-state index contributed by atoms with van der Waals surface area (Å²) in [6, 6.07) is 5.58. The van der Waals surface area contributed by atoms with Gasteiger partial charge in [-0.15, -0.1) is 0 Å². The number of nitrogens with two attached hydrogens (primary N) is 1. The largest absolute Gasteiger partial charge is 0.326 e. The first-order valence-electron chi connectivity index (χ1n) is 6.79. The van der Waals surface area contributed by atoms with Crippen molar-refractivity contribution < 1.29 is 4.39 Å². The van der Waals surface area contributed by atoms with Crippen LogP contribution in [0.2, 0.25) is 0 Å². The smallest absolute Gasteiger partial charge is 0.127 e. The van der Waals surface area contributed by atoms with Crippen molar-refractivity contribution in [3.63, 3.8) is 0 Å². The standard InChI is InChI=1S/C14H19BrFN3/c15-11-2-1-10(12(16)8-11)7-13(17)14-9-18-3-5-19(14)6-4-18/h1-2,8,13-14H,3-7,9,17H2. The van der Waals surface area contributed by atoms with E-state index < -0.39 is 0 Å². The van der Waals surface area contributed by atoms with Gasteiger partial charge < -0.3 is 5.73 Å². The van der Waals surface area contributed by atoms with Crippen LogP contribution in [0.15, 0.2) is 22.7 Å². The summed E-state index contributed by atoms with van der Waals surface area (Å²) in [5, 5.41) is 0. The van der Waals surface area contributed by atoms with Gasteiger partial charge in [-0.2, -0.15) is 0 Å². The van der Waals surface area contributed by atoms with Crippen LogP contribution in [0.3, 0.4) is 0 Å². The van der Waals surface area contributed by atoms with Gasteiger partial charge in [0.25, 0.3) is 0 Å². The topological polar surface area (TPSA) is 32.5 Å². The fraction of sp³-hybridized carbons (Fsp3) is 0.571. The van der Waals surface area contributed by atoms with E-state index in [4.69, 9.17) is 5.73 Å². The average molecular weight is 328 g/mol. The van der Waals surface area contributed by atoms with Crippen molar-refractivity contribution >= 4 is 15.9 Å². The maximum atomic E-state index is 13.9. The first-order chi connectivity index (χ1) is 9.13. The lowest BCUT2D eigenvalue weighted by Crippen LogP contribution is -2.66. The van der Waals surface area contributed by atoms with E-state index in [0.29, 0.717) is 18.0 Å². The van der Waals surface area contributed by atoms with Crippen molar-refractivity contribution in [2.45, 2.75) is 18.5 Å². The molecule has 5 heteroatoms. The van der Waals surface area contributed by atoms with Crippen molar-refractivity contribution in [2.75, 3.05) is 32.7 Å². The van der Waals surface area contributed by atoms with Crippen LogP contribution in [-0.2, 0) is 6.42 Å². The highest BCUT2D eigenvalue weighted by atomic mass is 79.9. The van der Waals surface area contributed by atoms with Gasteiger partial charge in [-0.25, -0.2) is 4.39 Å². The molecule has 2 unspecified atom stereocenters. The Morgan fingerprint density at radius 1 is 1.32 bits per heavy atom. The molecule has 19 heavy (non-hydrogen) atoms. The molecule has 3 aliphatic rings. The Morgan fingerprint density at radius 3 is 2.63 bits per heavy atom. The molecule has 2 atom stereocenters. The number of nitrogens with zero attached hydrogens (tertiary/aromatic N) is 2. The molecule has 0 aromatic heterocycles. The normalized spacial score (nSPS) is 31.4. The summed E-state index contributed by atoms with van der Waals surface area (Å²) in [7, 11) is 0. The molecule has 1 aromatic rings. The summed E-state index contributed by atoms with van der Waals surface area (Å²) in [6.07, 6.45) is 0.605. The minimum absolute atomic E-state index is 0.00113. The van der Waals surface area contributed by atoms with E-state index in [1.165, 1.54) is 6.07 Å². The molecular formula is C14H19BrFN3. The zero-order valence-corrected chi connectivity index (χ0v) is 12.4. The van der Waals surface area contributed by atoms with E-state index in [1.54, 1.807) is 0 Å². The van der Waals surface area contributed by atoms with Crippen molar-refractivity contribution in [1.29, 1.82) is 0 Å². The van der Waals surface area contributed by atoms with Gasteiger partial charge in [0.1, 0.15) is 5.82 Å². The van der Waals surface area contributed by atoms with E-state index in [0.717, 1.165) is 37.2 Å². The van der Waals surface area contributed by atoms with Crippen LogP contribution in [0.4, 0.5) is 4.39 Å². The second-order valence-corrected chi connectivity index (χ2v) is 6.42. The Bertz CT molecular complexity index is 460. The first kappa shape index (κ1) is 13.5. The third kappa shape index (κ3) is 2.84. The van der Waals surface area contributed by atoms with Gasteiger partial charge in [0, 0.05) is 49.3 Å². The Kier molecular flexibility index (Phi) is 3.89. The summed E-state index contributed by atoms with van der Waals surface area (Å²) in [6.45, 7) is 5.52. The molecule has 104 valence electrons. The van der Waals surface area contributed by atoms with Gasteiger partial charge in [-0.05, 0) is 24.1 Å². The van der Waals surface area contributed by atoms with Crippen LogP contribution >= 0.6 is 15.9 Å². The summed E-state index contributed by atoms with van der Waals surface area (Å²) in [4.78, 5) is 4.92. The van der Waals surface area contributed by atoms with E-state index in [-0.39, 0.29) is 11.9 Å². The number of rotatable bonds is 3. The average Bonchev–Trinajstić information content (AvgIpc) is 2.43. The lowest BCUT2D eigenvalue weighted by Gasteiger charge is -2.49. The lowest BCUT2D eigenvalue weighted by molar-refractivity contribution is 0.00249. The quantitative estimate of drug-likeness (QED) is 0.912. The molecular weight excluding hydrogens is 309 g/mol. The predicted molar refractivity (Wildman–Crippen MR) is 77.6 cm³/mol. The van der Waals surface area contributed by atoms with Crippen molar-refractivity contribution in [3.05, 3.63) is 34.1 Å². The Balaban J connectivity index is 1.69. The number of hydrogen-bond donors (Lipinski definition) is 1. The zero-order valence-electron chi connectivity index (χ0n) is 10.9. The molecule has 3 saturated heterocycles. The monoisotopic (exact) mass is 327 g/mol. The molecule has 2 N–H and O–H groups in total. The molecule has 3 nitrogen and oxygen atoms in total. The highest BCUT2D eigenvalue weighted by Gasteiger charge is 2.35. The maximum Gasteiger partial charge on any atom is 0.127 e. The third-order valence-corrected chi connectivity index (χ3v) is 4.78. The molecule has 0 amide bonds. The molecule has 4 rings (SSSR count). The van der Waals surface area contributed by atoms with Crippen molar-refractivity contribution in [2.24, 2.45) is 5.73 Å². The van der Waals surface area contributed by atoms with Crippen LogP contribution in [0.5, 0.6) is 0 Å². The molecule has 3 heterocycles. The Hall–Kier alpha value is -0.490. The number of piperazine rings is 3. The van der Waals surface area contributed by atoms with Crippen LogP contribution in [0.1, 0.15) is 5.56 Å². The van der Waals surface area contributed by atoms with Gasteiger partial charge in [0.15, 0.2) is 0 Å². The van der Waals surface area contributed by atoms with Crippen molar-refractivity contribution in [3.8, 4) is 0 Å². The predicted octanol–water partition coefficient (Wildman–Crippen LogP) is 1.46. The minimum Gasteiger partial charge on any atom is -0.326 e. The fourth-order valence-electron chi connectivity index (χ4n) is 3.14. The summed E-state index contributed by atoms with van der Waals surface area (Å²) in [5.41, 5.74) is 7.04. The van der Waals surface area contributed by atoms with Crippen LogP contribution in [0, 0.1) is 5.82 Å². The first-order valence-corrected chi connectivity index (χ1v) is 7.59. The SMILES string of the molecule is NC(Cc1ccc(Br)cc1F)C1CN2CCN1CC2. The van der Waals surface area contributed by atoms with E-state index in [1.807, 2.05) is 12.1 Å². The summed E-state index contributed by atoms with van der Waals surface area (Å²) < 4.78 is 14.6. The minimum atomic E-state index is -0.166. The summed E-state index contributed by atoms with van der Waals surface area (Å²) in [5.74, 6) is -0.166. The number of hydrogen-bond acceptors (Lipinski definition) is 3. The van der Waals surface area contributed by atoms with Crippen LogP contribution in [0.25, 0.3) is 0 Å². The van der Waals surface area contributed by atoms with Gasteiger partial charge in [-0.3, -0.25) is 9.80 Å². The second kappa shape index (κ2) is 5.48. The van der Waals surface area contributed by atoms with Crippen LogP contribution < -0.4 is 5.73 Å². The molecule has 2 bridgehead atoms. The van der Waals surface area contributed by atoms with E-state index in [9.17, 15) is 4.39 Å². The van der Waals surface area contributed by atoms with Gasteiger partial charge in [-0.1, -0.05) is 22.0 Å². The molecule has 0 radical (unpaired) electrons. The molecule has 0 spiro atoms. The highest BCUT2D eigenvalue weighted by molar-refractivity contribution is 9.10. The molecule has 0 saturated carbocycles. The highest BCUT2D eigenvalue weighted by Crippen LogP contribution is 2.21. The van der Waals surface area contributed by atoms with Crippen LogP contribution in [-0.4, -0.2) is 54.6 Å². The van der Waals surface area contributed by atoms with Gasteiger partial charge in [0.2, 0.25) is 0 Å². The Morgan fingerprint density at radius 2 is 2.05 bits per heavy atom. The fourth-order valence-corrected chi connectivity index (χ4v) is 3.47. The number of benzene rings is 1. The van der Waals surface area contributed by atoms with Gasteiger partial charge in [0.05, 0.1) is 0 Å². The maximum absolute atomic E-state index is 13.9. The lowest BCUT2D eigenvalue weighted by atomic mass is 9.95. The van der Waals surface area contributed by atoms with E-state index >= 15 is 0 Å². The molecule has 3 fully saturated rings. The van der Waals surface area contributed by atoms with Gasteiger partial charge >= 0.3 is 0 Å². The second-order valence-electron chi connectivity index (χ2n) is 5.51. The zero-order chi connectivity index (χ0) is 13.4.